The topological polar surface area (TPSA) is 137 Å². The third kappa shape index (κ3) is 6.10. The summed E-state index contributed by atoms with van der Waals surface area (Å²) >= 11 is 5.82. The first-order chi connectivity index (χ1) is 12.3. The number of nitrogens with one attached hydrogen (secondary N) is 2. The first kappa shape index (κ1) is 19.3. The quantitative estimate of drug-likeness (QED) is 0.627. The number of halogens is 1. The number of hydrogen-bond acceptors (Lipinski definition) is 6. The lowest BCUT2D eigenvalue weighted by Gasteiger charge is -2.17. The Kier molecular flexibility index (Phi) is 6.56. The largest absolute Gasteiger partial charge is 0.455 e. The van der Waals surface area contributed by atoms with E-state index in [9.17, 15) is 14.4 Å². The Labute approximate surface area is 153 Å². The summed E-state index contributed by atoms with van der Waals surface area (Å²) < 4.78 is 9.72. The van der Waals surface area contributed by atoms with Crippen molar-refractivity contribution >= 4 is 35.3 Å². The molecule has 2 rings (SSSR count). The fourth-order valence-corrected chi connectivity index (χ4v) is 2.22. The zero-order valence-electron chi connectivity index (χ0n) is 13.8. The average molecular weight is 381 g/mol. The third-order valence-electron chi connectivity index (χ3n) is 3.22. The monoisotopic (exact) mass is 380 g/mol. The smallest absolute Gasteiger partial charge is 0.312 e. The van der Waals surface area contributed by atoms with Crippen molar-refractivity contribution in [3.63, 3.8) is 0 Å². The van der Waals surface area contributed by atoms with Gasteiger partial charge in [-0.3, -0.25) is 9.59 Å². The summed E-state index contributed by atoms with van der Waals surface area (Å²) in [5.74, 6) is -0.513. The Morgan fingerprint density at radius 1 is 1.31 bits per heavy atom. The Bertz CT molecular complexity index is 790. The van der Waals surface area contributed by atoms with Crippen LogP contribution in [0.1, 0.15) is 23.8 Å². The van der Waals surface area contributed by atoms with E-state index < -0.39 is 30.6 Å². The van der Waals surface area contributed by atoms with Crippen LogP contribution in [-0.4, -0.2) is 29.7 Å². The lowest BCUT2D eigenvalue weighted by atomic mass is 10.0. The highest BCUT2D eigenvalue weighted by Crippen LogP contribution is 2.20. The van der Waals surface area contributed by atoms with E-state index >= 15 is 0 Å². The average Bonchev–Trinajstić information content (AvgIpc) is 2.97. The zero-order valence-corrected chi connectivity index (χ0v) is 14.6. The van der Waals surface area contributed by atoms with Gasteiger partial charge in [0.1, 0.15) is 5.76 Å². The molecular weight excluding hydrogens is 364 g/mol. The van der Waals surface area contributed by atoms with Crippen molar-refractivity contribution in [1.82, 2.24) is 10.5 Å². The summed E-state index contributed by atoms with van der Waals surface area (Å²) in [6.07, 6.45) is -0.207. The van der Waals surface area contributed by atoms with Gasteiger partial charge in [-0.05, 0) is 24.6 Å². The molecule has 0 bridgehead atoms. The molecule has 4 N–H and O–H groups in total. The molecule has 0 aliphatic heterocycles. The van der Waals surface area contributed by atoms with Crippen molar-refractivity contribution < 1.29 is 23.6 Å². The van der Waals surface area contributed by atoms with Gasteiger partial charge in [0.25, 0.3) is 5.91 Å². The number of urea groups is 1. The molecule has 138 valence electrons. The molecule has 0 fully saturated rings. The van der Waals surface area contributed by atoms with Crippen molar-refractivity contribution in [2.45, 2.75) is 19.4 Å². The fourth-order valence-electron chi connectivity index (χ4n) is 2.09. The number of hydrogen-bond donors (Lipinski definition) is 3. The molecule has 10 heteroatoms. The minimum Gasteiger partial charge on any atom is -0.455 e. The predicted molar refractivity (Wildman–Crippen MR) is 92.4 cm³/mol. The number of benzene rings is 1. The van der Waals surface area contributed by atoms with E-state index in [1.807, 2.05) is 0 Å². The lowest BCUT2D eigenvalue weighted by molar-refractivity contribution is -0.147. The number of esters is 1. The van der Waals surface area contributed by atoms with Crippen LogP contribution >= 0.6 is 11.6 Å². The highest BCUT2D eigenvalue weighted by Gasteiger charge is 2.19. The van der Waals surface area contributed by atoms with E-state index in [1.54, 1.807) is 31.2 Å². The molecule has 26 heavy (non-hydrogen) atoms. The number of nitrogens with zero attached hydrogens (tertiary/aromatic N) is 1. The Balaban J connectivity index is 1.88. The van der Waals surface area contributed by atoms with Crippen LogP contribution in [0.4, 0.5) is 10.6 Å². The number of amides is 3. The number of nitrogens with two attached hydrogens (primary N) is 1. The molecule has 0 aliphatic rings. The van der Waals surface area contributed by atoms with E-state index in [1.165, 1.54) is 6.07 Å². The molecule has 9 nitrogen and oxygen atoms in total. The Hall–Kier alpha value is -3.07. The fraction of sp³-hybridized carbons (Fsp3) is 0.250. The summed E-state index contributed by atoms with van der Waals surface area (Å²) in [5.41, 5.74) is 5.76. The number of primary amides is 1. The van der Waals surface area contributed by atoms with Gasteiger partial charge in [-0.25, -0.2) is 4.79 Å². The summed E-state index contributed by atoms with van der Waals surface area (Å²) in [6.45, 7) is 1.17. The van der Waals surface area contributed by atoms with Gasteiger partial charge in [-0.2, -0.15) is 0 Å². The molecule has 1 unspecified atom stereocenters. The first-order valence-corrected chi connectivity index (χ1v) is 7.91. The van der Waals surface area contributed by atoms with E-state index in [-0.39, 0.29) is 12.2 Å². The van der Waals surface area contributed by atoms with Gasteiger partial charge in [0, 0.05) is 11.1 Å². The maximum Gasteiger partial charge on any atom is 0.312 e. The van der Waals surface area contributed by atoms with E-state index in [4.69, 9.17) is 26.6 Å². The number of aryl methyl sites for hydroxylation is 1. The van der Waals surface area contributed by atoms with Crippen molar-refractivity contribution in [2.24, 2.45) is 5.73 Å². The second-order valence-electron chi connectivity index (χ2n) is 5.35. The summed E-state index contributed by atoms with van der Waals surface area (Å²) in [7, 11) is 0. The summed E-state index contributed by atoms with van der Waals surface area (Å²) in [4.78, 5) is 34.9. The molecule has 1 atom stereocenters. The van der Waals surface area contributed by atoms with Gasteiger partial charge in [0.2, 0.25) is 0 Å². The summed E-state index contributed by atoms with van der Waals surface area (Å²) in [5, 5.41) is 8.96. The van der Waals surface area contributed by atoms with Crippen LogP contribution in [0.3, 0.4) is 0 Å². The molecule has 0 saturated heterocycles. The van der Waals surface area contributed by atoms with Crippen LogP contribution in [0, 0.1) is 6.92 Å². The minimum absolute atomic E-state index is 0.207. The Morgan fingerprint density at radius 2 is 2.00 bits per heavy atom. The number of aromatic nitrogens is 1. The normalized spacial score (nSPS) is 11.5. The number of carbonyl (C=O) groups excluding carboxylic acids is 3. The first-order valence-electron chi connectivity index (χ1n) is 7.53. The van der Waals surface area contributed by atoms with Gasteiger partial charge < -0.3 is 25.6 Å². The maximum absolute atomic E-state index is 12.0. The van der Waals surface area contributed by atoms with Gasteiger partial charge in [-0.1, -0.05) is 28.9 Å². The van der Waals surface area contributed by atoms with Gasteiger partial charge >= 0.3 is 12.0 Å². The third-order valence-corrected chi connectivity index (χ3v) is 3.47. The van der Waals surface area contributed by atoms with Crippen molar-refractivity contribution in [3.8, 4) is 0 Å². The van der Waals surface area contributed by atoms with Gasteiger partial charge in [0.15, 0.2) is 12.4 Å². The van der Waals surface area contributed by atoms with Crippen LogP contribution in [0.15, 0.2) is 34.9 Å². The van der Waals surface area contributed by atoms with Gasteiger partial charge in [-0.15, -0.1) is 0 Å². The number of ether oxygens (including phenoxy) is 1. The molecule has 0 radical (unpaired) electrons. The standard InChI is InChI=1S/C16H17ClN4O5/c1-9-6-13(21-26-9)20-14(22)8-25-15(23)7-12(19-16(18)24)10-2-4-11(17)5-3-10/h2-6,12H,7-8H2,1H3,(H3,18,19,24)(H,20,21,22). The van der Waals surface area contributed by atoms with Crippen LogP contribution < -0.4 is 16.4 Å². The molecule has 0 saturated carbocycles. The number of carbonyl (C=O) groups is 3. The van der Waals surface area contributed by atoms with Crippen molar-refractivity contribution in [2.75, 3.05) is 11.9 Å². The van der Waals surface area contributed by atoms with Crippen molar-refractivity contribution in [3.05, 3.63) is 46.7 Å². The molecule has 1 aromatic carbocycles. The zero-order chi connectivity index (χ0) is 19.1. The van der Waals surface area contributed by atoms with E-state index in [2.05, 4.69) is 15.8 Å². The molecule has 1 heterocycles. The van der Waals surface area contributed by atoms with Crippen LogP contribution in [0.2, 0.25) is 5.02 Å². The van der Waals surface area contributed by atoms with Crippen LogP contribution in [-0.2, 0) is 14.3 Å². The number of rotatable bonds is 7. The molecule has 0 spiro atoms. The van der Waals surface area contributed by atoms with Crippen LogP contribution in [0.5, 0.6) is 0 Å². The van der Waals surface area contributed by atoms with Crippen molar-refractivity contribution in [1.29, 1.82) is 0 Å². The highest BCUT2D eigenvalue weighted by atomic mass is 35.5. The van der Waals surface area contributed by atoms with E-state index in [0.29, 0.717) is 16.3 Å². The molecule has 1 aromatic heterocycles. The molecule has 3 amide bonds. The molecular formula is C16H17ClN4O5. The molecule has 0 aliphatic carbocycles. The second-order valence-corrected chi connectivity index (χ2v) is 5.78. The van der Waals surface area contributed by atoms with Gasteiger partial charge in [0.05, 0.1) is 12.5 Å². The minimum atomic E-state index is -0.795. The number of anilines is 1. The molecule has 2 aromatic rings. The highest BCUT2D eigenvalue weighted by molar-refractivity contribution is 6.30. The van der Waals surface area contributed by atoms with E-state index in [0.717, 1.165) is 0 Å². The van der Waals surface area contributed by atoms with Crippen LogP contribution in [0.25, 0.3) is 0 Å². The summed E-state index contributed by atoms with van der Waals surface area (Å²) in [6, 6.07) is 6.55. The predicted octanol–water partition coefficient (Wildman–Crippen LogP) is 1.92. The SMILES string of the molecule is Cc1cc(NC(=O)COC(=O)CC(NC(N)=O)c2ccc(Cl)cc2)no1. The second kappa shape index (κ2) is 8.86. The lowest BCUT2D eigenvalue weighted by Crippen LogP contribution is -2.35. The Morgan fingerprint density at radius 3 is 2.58 bits per heavy atom. The maximum atomic E-state index is 12.0.